The number of carbonyl (C=O) groups is 4. The molecule has 0 aromatic carbocycles. The fourth-order valence-electron chi connectivity index (χ4n) is 1.15. The number of methoxy groups -OCH3 is 1. The van der Waals surface area contributed by atoms with Crippen LogP contribution in [0, 0.1) is 0 Å². The molecular weight excluding hydrogens is 274 g/mol. The first-order valence-corrected chi connectivity index (χ1v) is 5.63. The van der Waals surface area contributed by atoms with Crippen LogP contribution in [-0.2, 0) is 19.1 Å². The lowest BCUT2D eigenvalue weighted by atomic mass is 10.1. The Morgan fingerprint density at radius 3 is 2.45 bits per heavy atom. The van der Waals surface area contributed by atoms with Gasteiger partial charge in [0.2, 0.25) is 0 Å². The molecule has 0 aromatic heterocycles. The van der Waals surface area contributed by atoms with Crippen LogP contribution in [0.3, 0.4) is 0 Å². The molecule has 5 N–H and O–H groups in total. The Hall–Kier alpha value is -2.52. The second-order valence-electron chi connectivity index (χ2n) is 3.57. The van der Waals surface area contributed by atoms with Gasteiger partial charge in [-0.05, 0) is 6.42 Å². The van der Waals surface area contributed by atoms with E-state index in [9.17, 15) is 19.2 Å². The number of urea groups is 1. The number of carbonyl (C=O) groups excluding carboxylic acids is 3. The van der Waals surface area contributed by atoms with Crippen molar-refractivity contribution in [1.29, 1.82) is 0 Å². The maximum absolute atomic E-state index is 11.3. The zero-order valence-corrected chi connectivity index (χ0v) is 10.9. The van der Waals surface area contributed by atoms with Crippen LogP contribution in [0.4, 0.5) is 9.59 Å². The topological polar surface area (TPSA) is 157 Å². The molecule has 0 unspecified atom stereocenters. The van der Waals surface area contributed by atoms with Gasteiger partial charge in [-0.15, -0.1) is 0 Å². The van der Waals surface area contributed by atoms with Gasteiger partial charge in [-0.25, -0.2) is 14.4 Å². The Morgan fingerprint density at radius 1 is 1.30 bits per heavy atom. The smallest absolute Gasteiger partial charge is 0.404 e. The molecule has 0 aliphatic rings. The molecule has 0 rings (SSSR count). The number of hydrogen-bond acceptors (Lipinski definition) is 6. The summed E-state index contributed by atoms with van der Waals surface area (Å²) in [6.45, 7) is -0.166. The molecule has 0 fully saturated rings. The predicted molar refractivity (Wildman–Crippen MR) is 64.7 cm³/mol. The van der Waals surface area contributed by atoms with E-state index >= 15 is 0 Å². The zero-order valence-electron chi connectivity index (χ0n) is 10.9. The third kappa shape index (κ3) is 8.55. The van der Waals surface area contributed by atoms with Crippen LogP contribution >= 0.6 is 0 Å². The Labute approximate surface area is 114 Å². The number of rotatable bonds is 8. The number of amides is 3. The summed E-state index contributed by atoms with van der Waals surface area (Å²) in [5.41, 5.74) is 4.70. The van der Waals surface area contributed by atoms with Crippen molar-refractivity contribution in [3.8, 4) is 0 Å². The molecule has 0 saturated heterocycles. The van der Waals surface area contributed by atoms with Gasteiger partial charge in [-0.1, -0.05) is 0 Å². The van der Waals surface area contributed by atoms with Crippen molar-refractivity contribution >= 4 is 24.1 Å². The number of esters is 1. The predicted octanol–water partition coefficient (Wildman–Crippen LogP) is -1.21. The lowest BCUT2D eigenvalue weighted by molar-refractivity contribution is -0.142. The van der Waals surface area contributed by atoms with Gasteiger partial charge in [-0.2, -0.15) is 0 Å². The normalized spacial score (nSPS) is 11.1. The van der Waals surface area contributed by atoms with E-state index in [-0.39, 0.29) is 26.0 Å². The summed E-state index contributed by atoms with van der Waals surface area (Å²) in [6.07, 6.45) is -1.22. The molecule has 20 heavy (non-hydrogen) atoms. The van der Waals surface area contributed by atoms with E-state index in [1.165, 1.54) is 7.11 Å². The highest BCUT2D eigenvalue weighted by Gasteiger charge is 2.20. The number of nitrogens with two attached hydrogens (primary N) is 1. The van der Waals surface area contributed by atoms with Gasteiger partial charge >= 0.3 is 24.1 Å². The average Bonchev–Trinajstić information content (AvgIpc) is 2.38. The number of hydrogen-bond donors (Lipinski definition) is 4. The number of nitrogens with one attached hydrogen (secondary N) is 2. The molecule has 0 saturated carbocycles. The van der Waals surface area contributed by atoms with E-state index in [2.05, 4.69) is 20.1 Å². The van der Waals surface area contributed by atoms with Crippen molar-refractivity contribution in [2.45, 2.75) is 18.9 Å². The van der Waals surface area contributed by atoms with Gasteiger partial charge in [-0.3, -0.25) is 4.79 Å². The molecule has 1 atom stereocenters. The van der Waals surface area contributed by atoms with E-state index in [0.29, 0.717) is 0 Å². The summed E-state index contributed by atoms with van der Waals surface area (Å²) < 4.78 is 8.72. The maximum atomic E-state index is 11.3. The van der Waals surface area contributed by atoms with Gasteiger partial charge < -0.3 is 30.9 Å². The van der Waals surface area contributed by atoms with E-state index in [1.807, 2.05) is 0 Å². The van der Waals surface area contributed by atoms with Crippen molar-refractivity contribution in [3.05, 3.63) is 0 Å². The first-order chi connectivity index (χ1) is 9.36. The maximum Gasteiger partial charge on any atom is 0.404 e. The van der Waals surface area contributed by atoms with Gasteiger partial charge in [0.25, 0.3) is 0 Å². The molecule has 0 heterocycles. The number of aliphatic carboxylic acids is 1. The molecule has 0 aliphatic carbocycles. The van der Waals surface area contributed by atoms with Crippen LogP contribution in [0.5, 0.6) is 0 Å². The van der Waals surface area contributed by atoms with E-state index in [0.717, 1.165) is 0 Å². The van der Waals surface area contributed by atoms with Crippen LogP contribution in [0.1, 0.15) is 12.8 Å². The molecule has 0 aliphatic heterocycles. The molecule has 0 radical (unpaired) electrons. The van der Waals surface area contributed by atoms with Crippen LogP contribution in [0.2, 0.25) is 0 Å². The fraction of sp³-hybridized carbons (Fsp3) is 0.600. The van der Waals surface area contributed by atoms with Crippen molar-refractivity contribution in [1.82, 2.24) is 10.6 Å². The summed E-state index contributed by atoms with van der Waals surface area (Å²) in [7, 11) is 1.18. The summed E-state index contributed by atoms with van der Waals surface area (Å²) in [4.78, 5) is 43.4. The number of carboxylic acids is 1. The molecule has 0 aromatic rings. The highest BCUT2D eigenvalue weighted by atomic mass is 16.5. The zero-order chi connectivity index (χ0) is 15.5. The second kappa shape index (κ2) is 9.42. The first kappa shape index (κ1) is 17.5. The van der Waals surface area contributed by atoms with Gasteiger partial charge in [0.1, 0.15) is 12.6 Å². The Bertz CT molecular complexity index is 372. The third-order valence-corrected chi connectivity index (χ3v) is 2.10. The van der Waals surface area contributed by atoms with Crippen molar-refractivity contribution in [2.75, 3.05) is 20.3 Å². The molecular formula is C10H17N3O7. The SMILES string of the molecule is COC(=O)CC[C@H](NC(=O)NCCOC(N)=O)C(=O)O. The number of ether oxygens (including phenoxy) is 2. The quantitative estimate of drug-likeness (QED) is 0.322. The minimum atomic E-state index is -1.28. The molecule has 3 amide bonds. The Balaban J connectivity index is 4.04. The molecule has 0 spiro atoms. The van der Waals surface area contributed by atoms with Crippen LogP contribution in [-0.4, -0.2) is 55.5 Å². The second-order valence-corrected chi connectivity index (χ2v) is 3.57. The van der Waals surface area contributed by atoms with Crippen molar-refractivity contribution < 1.29 is 33.8 Å². The first-order valence-electron chi connectivity index (χ1n) is 5.63. The lowest BCUT2D eigenvalue weighted by Crippen LogP contribution is -2.47. The molecule has 10 nitrogen and oxygen atoms in total. The van der Waals surface area contributed by atoms with E-state index < -0.39 is 30.1 Å². The van der Waals surface area contributed by atoms with Crippen LogP contribution in [0.15, 0.2) is 0 Å². The van der Waals surface area contributed by atoms with Gasteiger partial charge in [0.05, 0.1) is 13.7 Å². The largest absolute Gasteiger partial charge is 0.480 e. The molecule has 0 bridgehead atoms. The summed E-state index contributed by atoms with van der Waals surface area (Å²) in [5.74, 6) is -1.86. The summed E-state index contributed by atoms with van der Waals surface area (Å²) >= 11 is 0. The van der Waals surface area contributed by atoms with Crippen LogP contribution < -0.4 is 16.4 Å². The highest BCUT2D eigenvalue weighted by Crippen LogP contribution is 1.99. The Kier molecular flexibility index (Phi) is 8.23. The number of carboxylic acid groups (broad SMARTS) is 1. The molecule has 114 valence electrons. The number of primary amides is 1. The van der Waals surface area contributed by atoms with Crippen molar-refractivity contribution in [3.63, 3.8) is 0 Å². The summed E-state index contributed by atoms with van der Waals surface area (Å²) in [5, 5.41) is 13.3. The highest BCUT2D eigenvalue weighted by molar-refractivity contribution is 5.83. The van der Waals surface area contributed by atoms with Crippen LogP contribution in [0.25, 0.3) is 0 Å². The standard InChI is InChI=1S/C10H17N3O7/c1-19-7(14)3-2-6(8(15)16)13-10(18)12-4-5-20-9(11)17/h6H,2-5H2,1H3,(H2,11,17)(H,15,16)(H2,12,13,18)/t6-/m0/s1. The van der Waals surface area contributed by atoms with E-state index in [4.69, 9.17) is 10.8 Å². The lowest BCUT2D eigenvalue weighted by Gasteiger charge is -2.14. The molecule has 10 heteroatoms. The third-order valence-electron chi connectivity index (χ3n) is 2.10. The summed E-state index contributed by atoms with van der Waals surface area (Å²) in [6, 6.07) is -2.00. The average molecular weight is 291 g/mol. The Morgan fingerprint density at radius 2 is 1.95 bits per heavy atom. The van der Waals surface area contributed by atoms with E-state index in [1.54, 1.807) is 0 Å². The van der Waals surface area contributed by atoms with Crippen molar-refractivity contribution in [2.24, 2.45) is 5.73 Å². The van der Waals surface area contributed by atoms with Gasteiger partial charge in [0.15, 0.2) is 0 Å². The monoisotopic (exact) mass is 291 g/mol. The van der Waals surface area contributed by atoms with Gasteiger partial charge in [0, 0.05) is 6.42 Å². The minimum absolute atomic E-state index is 0.0296. The fourth-order valence-corrected chi connectivity index (χ4v) is 1.15. The minimum Gasteiger partial charge on any atom is -0.480 e.